The number of aliphatic hydroxyl groups is 1. The van der Waals surface area contributed by atoms with Crippen LogP contribution in [0.3, 0.4) is 0 Å². The van der Waals surface area contributed by atoms with Crippen molar-refractivity contribution < 1.29 is 33.6 Å². The lowest BCUT2D eigenvalue weighted by molar-refractivity contribution is -0.136. The first-order chi connectivity index (χ1) is 18.4. The number of hydrogen-bond donors (Lipinski definition) is 4. The number of benzene rings is 2. The van der Waals surface area contributed by atoms with Gasteiger partial charge >= 0.3 is 12.0 Å². The number of hydrazone groups is 1. The number of esters is 1. The van der Waals surface area contributed by atoms with Crippen molar-refractivity contribution in [1.29, 1.82) is 0 Å². The molecule has 2 atom stereocenters. The predicted molar refractivity (Wildman–Crippen MR) is 140 cm³/mol. The van der Waals surface area contributed by atoms with Crippen LogP contribution in [0.25, 0.3) is 0 Å². The molecule has 0 radical (unpaired) electrons. The number of terminal acetylenes is 1. The van der Waals surface area contributed by atoms with Gasteiger partial charge in [0.05, 0.1) is 31.5 Å². The highest BCUT2D eigenvalue weighted by molar-refractivity contribution is 5.95. The number of ether oxygens (including phenoxy) is 4. The van der Waals surface area contributed by atoms with Crippen LogP contribution in [-0.4, -0.2) is 56.5 Å². The second-order valence-electron chi connectivity index (χ2n) is 7.98. The van der Waals surface area contributed by atoms with Gasteiger partial charge in [-0.2, -0.15) is 5.10 Å². The van der Waals surface area contributed by atoms with Crippen LogP contribution < -0.4 is 30.3 Å². The molecule has 0 bridgehead atoms. The van der Waals surface area contributed by atoms with Crippen molar-refractivity contribution in [3.63, 3.8) is 0 Å². The molecule has 0 saturated heterocycles. The summed E-state index contributed by atoms with van der Waals surface area (Å²) in [4.78, 5) is 24.5. The van der Waals surface area contributed by atoms with Gasteiger partial charge in [0, 0.05) is 5.70 Å². The number of nitrogens with zero attached hydrogens (tertiary/aromatic N) is 1. The Balaban J connectivity index is 1.67. The van der Waals surface area contributed by atoms with E-state index in [0.717, 1.165) is 5.56 Å². The molecule has 0 saturated carbocycles. The number of urea groups is 1. The minimum absolute atomic E-state index is 0.140. The lowest BCUT2D eigenvalue weighted by Gasteiger charge is -2.28. The molecule has 0 fully saturated rings. The van der Waals surface area contributed by atoms with Crippen molar-refractivity contribution in [1.82, 2.24) is 16.1 Å². The maximum atomic E-state index is 12.4. The predicted octanol–water partition coefficient (Wildman–Crippen LogP) is 2.22. The summed E-state index contributed by atoms with van der Waals surface area (Å²) in [6.07, 6.45) is 5.60. The minimum atomic E-state index is -1.12. The first kappa shape index (κ1) is 27.9. The van der Waals surface area contributed by atoms with E-state index in [-0.39, 0.29) is 18.8 Å². The molecular weight excluding hydrogens is 492 g/mol. The second-order valence-corrected chi connectivity index (χ2v) is 7.98. The number of nitrogens with one attached hydrogen (secondary N) is 3. The molecule has 2 amide bonds. The van der Waals surface area contributed by atoms with E-state index in [2.05, 4.69) is 27.1 Å². The van der Waals surface area contributed by atoms with E-state index in [9.17, 15) is 14.7 Å². The Morgan fingerprint density at radius 1 is 1.24 bits per heavy atom. The molecule has 3 rings (SSSR count). The van der Waals surface area contributed by atoms with Gasteiger partial charge in [-0.1, -0.05) is 24.1 Å². The highest BCUT2D eigenvalue weighted by atomic mass is 16.5. The first-order valence-corrected chi connectivity index (χ1v) is 11.7. The zero-order valence-corrected chi connectivity index (χ0v) is 21.3. The fraction of sp³-hybridized carbons (Fsp3) is 0.296. The van der Waals surface area contributed by atoms with Gasteiger partial charge in [-0.3, -0.25) is 5.43 Å². The number of amides is 2. The summed E-state index contributed by atoms with van der Waals surface area (Å²) in [7, 11) is 1.27. The molecule has 0 spiro atoms. The maximum Gasteiger partial charge on any atom is 0.337 e. The Labute approximate surface area is 220 Å². The number of carbonyl (C=O) groups is 2. The number of methoxy groups -OCH3 is 1. The number of allylic oxidation sites excluding steroid dienone is 1. The minimum Gasteiger partial charge on any atom is -0.490 e. The van der Waals surface area contributed by atoms with Crippen molar-refractivity contribution >= 4 is 18.2 Å². The normalized spacial score (nSPS) is 15.7. The van der Waals surface area contributed by atoms with Gasteiger partial charge in [-0.05, 0) is 49.2 Å². The monoisotopic (exact) mass is 522 g/mol. The van der Waals surface area contributed by atoms with E-state index in [1.165, 1.54) is 13.3 Å². The van der Waals surface area contributed by atoms with E-state index in [1.807, 2.05) is 13.0 Å². The van der Waals surface area contributed by atoms with E-state index in [1.54, 1.807) is 43.3 Å². The van der Waals surface area contributed by atoms with E-state index < -0.39 is 24.3 Å². The Kier molecular flexibility index (Phi) is 9.96. The molecule has 1 aliphatic rings. The number of aliphatic hydroxyl groups excluding tert-OH is 1. The third-order valence-electron chi connectivity index (χ3n) is 5.29. The summed E-state index contributed by atoms with van der Waals surface area (Å²) in [6.45, 7) is 3.80. The Morgan fingerprint density at radius 3 is 2.79 bits per heavy atom. The molecule has 200 valence electrons. The van der Waals surface area contributed by atoms with Crippen LogP contribution in [-0.2, 0) is 9.53 Å². The molecule has 2 aromatic rings. The van der Waals surface area contributed by atoms with E-state index >= 15 is 0 Å². The Morgan fingerprint density at radius 2 is 2.05 bits per heavy atom. The van der Waals surface area contributed by atoms with Crippen LogP contribution in [0, 0.1) is 12.3 Å². The molecule has 0 aliphatic carbocycles. The van der Waals surface area contributed by atoms with Crippen LogP contribution in [0.1, 0.15) is 31.0 Å². The van der Waals surface area contributed by atoms with Crippen molar-refractivity contribution in [2.75, 3.05) is 26.9 Å². The van der Waals surface area contributed by atoms with Gasteiger partial charge in [0.15, 0.2) is 17.7 Å². The van der Waals surface area contributed by atoms with Crippen LogP contribution in [0.2, 0.25) is 0 Å². The van der Waals surface area contributed by atoms with Gasteiger partial charge in [0.2, 0.25) is 0 Å². The van der Waals surface area contributed by atoms with Gasteiger partial charge in [0.25, 0.3) is 0 Å². The third-order valence-corrected chi connectivity index (χ3v) is 5.29. The summed E-state index contributed by atoms with van der Waals surface area (Å²) in [5, 5.41) is 19.6. The highest BCUT2D eigenvalue weighted by Crippen LogP contribution is 2.34. The van der Waals surface area contributed by atoms with Gasteiger partial charge in [0.1, 0.15) is 19.0 Å². The maximum absolute atomic E-state index is 12.4. The quantitative estimate of drug-likeness (QED) is 0.109. The lowest BCUT2D eigenvalue weighted by atomic mass is 9.95. The molecule has 0 aromatic heterocycles. The highest BCUT2D eigenvalue weighted by Gasteiger charge is 2.32. The molecule has 2 aromatic carbocycles. The number of rotatable bonds is 12. The molecule has 38 heavy (non-hydrogen) atoms. The Hall–Kier alpha value is -4.69. The molecule has 11 nitrogen and oxygen atoms in total. The van der Waals surface area contributed by atoms with E-state index in [0.29, 0.717) is 35.1 Å². The zero-order chi connectivity index (χ0) is 27.5. The van der Waals surface area contributed by atoms with Crippen molar-refractivity contribution in [2.45, 2.75) is 26.1 Å². The SMILES string of the molecule is C#CCOc1cccc(/C=N/N[C@H](O)COc2ccc([C@H]3NC(=O)NC(C)=C3C(=O)OC)cc2OCC)c1. The second kappa shape index (κ2) is 13.6. The molecular formula is C27H30N4O7. The summed E-state index contributed by atoms with van der Waals surface area (Å²) >= 11 is 0. The van der Waals surface area contributed by atoms with Crippen LogP contribution in [0.5, 0.6) is 17.2 Å². The molecule has 4 N–H and O–H groups in total. The van der Waals surface area contributed by atoms with Crippen LogP contribution in [0.4, 0.5) is 4.79 Å². The smallest absolute Gasteiger partial charge is 0.337 e. The molecule has 1 heterocycles. The van der Waals surface area contributed by atoms with Crippen molar-refractivity contribution in [3.05, 3.63) is 64.9 Å². The topological polar surface area (TPSA) is 140 Å². The van der Waals surface area contributed by atoms with Crippen LogP contribution in [0.15, 0.2) is 58.8 Å². The van der Waals surface area contributed by atoms with Gasteiger partial charge in [-0.25, -0.2) is 9.59 Å². The number of carbonyl (C=O) groups excluding carboxylic acids is 2. The Bertz CT molecular complexity index is 1250. The fourth-order valence-corrected chi connectivity index (χ4v) is 3.63. The standard InChI is InChI=1S/C27H30N4O7/c1-5-12-37-20-9-7-8-18(13-20)15-28-31-23(32)16-38-21-11-10-19(14-22(21)36-6-2)25-24(26(33)35-4)17(3)29-27(34)30-25/h1,7-11,13-15,23,25,31-32H,6,12,16H2,2-4H3,(H2,29,30,34)/b28-15+/t23-,25-/m1/s1. The van der Waals surface area contributed by atoms with Crippen molar-refractivity contribution in [3.8, 4) is 29.6 Å². The summed E-state index contributed by atoms with van der Waals surface area (Å²) in [6, 6.07) is 11.0. The average Bonchev–Trinajstić information content (AvgIpc) is 2.90. The average molecular weight is 523 g/mol. The molecule has 1 aliphatic heterocycles. The lowest BCUT2D eigenvalue weighted by Crippen LogP contribution is -2.45. The molecule has 11 heteroatoms. The third kappa shape index (κ3) is 7.41. The van der Waals surface area contributed by atoms with Gasteiger partial charge < -0.3 is 34.7 Å². The van der Waals surface area contributed by atoms with Gasteiger partial charge in [-0.15, -0.1) is 6.42 Å². The van der Waals surface area contributed by atoms with Crippen molar-refractivity contribution in [2.24, 2.45) is 5.10 Å². The molecule has 0 unspecified atom stereocenters. The first-order valence-electron chi connectivity index (χ1n) is 11.7. The number of hydrogen-bond acceptors (Lipinski definition) is 9. The summed E-state index contributed by atoms with van der Waals surface area (Å²) in [5.41, 5.74) is 4.59. The summed E-state index contributed by atoms with van der Waals surface area (Å²) < 4.78 is 21.7. The summed E-state index contributed by atoms with van der Waals surface area (Å²) in [5.74, 6) is 3.17. The van der Waals surface area contributed by atoms with E-state index in [4.69, 9.17) is 25.4 Å². The largest absolute Gasteiger partial charge is 0.490 e. The zero-order valence-electron chi connectivity index (χ0n) is 21.3. The fourth-order valence-electron chi connectivity index (χ4n) is 3.63. The van der Waals surface area contributed by atoms with Crippen LogP contribution >= 0.6 is 0 Å².